The zero-order valence-corrected chi connectivity index (χ0v) is 34.8. The molecule has 3 fully saturated rings. The number of alkyl carbamates (subject to hydrolysis) is 1. The van der Waals surface area contributed by atoms with Crippen LogP contribution in [0.25, 0.3) is 0 Å². The Morgan fingerprint density at radius 2 is 1.56 bits per heavy atom. The number of nitrogens with one attached hydrogen (secondary N) is 1. The van der Waals surface area contributed by atoms with Gasteiger partial charge in [-0.05, 0) is 63.5 Å². The highest BCUT2D eigenvalue weighted by atomic mass is 16.6. The average molecular weight is 822 g/mol. The Labute approximate surface area is 343 Å². The van der Waals surface area contributed by atoms with Crippen molar-refractivity contribution in [3.63, 3.8) is 0 Å². The summed E-state index contributed by atoms with van der Waals surface area (Å²) >= 11 is 0. The summed E-state index contributed by atoms with van der Waals surface area (Å²) in [6, 6.07) is 15.3. The fraction of sp³-hybridized carbons (Fsp3) is 0.568. The van der Waals surface area contributed by atoms with Crippen molar-refractivity contribution in [1.82, 2.24) is 5.32 Å². The molecule has 0 aromatic heterocycles. The summed E-state index contributed by atoms with van der Waals surface area (Å²) in [7, 11) is 1.26. The molecule has 15 nitrogen and oxygen atoms in total. The lowest BCUT2D eigenvalue weighted by Gasteiger charge is -2.67. The third kappa shape index (κ3) is 7.45. The van der Waals surface area contributed by atoms with Crippen LogP contribution in [0.3, 0.4) is 0 Å². The van der Waals surface area contributed by atoms with Gasteiger partial charge in [-0.25, -0.2) is 14.4 Å². The zero-order chi connectivity index (χ0) is 43.5. The summed E-state index contributed by atoms with van der Waals surface area (Å²) in [5.41, 5.74) is -7.72. The van der Waals surface area contributed by atoms with E-state index in [1.807, 2.05) is 0 Å². The van der Waals surface area contributed by atoms with Crippen molar-refractivity contribution in [2.24, 2.45) is 16.7 Å². The fourth-order valence-corrected chi connectivity index (χ4v) is 9.78. The molecule has 1 aliphatic heterocycles. The standard InChI is InChI=1S/C44H55NO14/c1-23-27(56-38(51)33(54-9)31(25-16-12-10-13-17-25)45-39(52)59-40(3,4)5)21-44(53)36(57-37(50)26-18-14-11-15-19-26)34-42(8,35(49)32(48)30(23)41(44,6)7)28(47)20-29-43(34,22-55-29)58-24(2)46/h10-19,27-29,31-34,36,47-48,53H,20-22H2,1-9H3,(H,45,52)/t27-,28-,29+,31-,32+,33+,34?,36-,42+,43-,44+/m0/s1. The second-order valence-electron chi connectivity index (χ2n) is 17.8. The lowest BCUT2D eigenvalue weighted by molar-refractivity contribution is -0.346. The van der Waals surface area contributed by atoms with Crippen molar-refractivity contribution in [2.75, 3.05) is 13.7 Å². The number of aliphatic hydroxyl groups excluding tert-OH is 2. The van der Waals surface area contributed by atoms with Crippen molar-refractivity contribution >= 4 is 29.8 Å². The van der Waals surface area contributed by atoms with Gasteiger partial charge in [0, 0.05) is 32.3 Å². The minimum Gasteiger partial charge on any atom is -0.456 e. The highest BCUT2D eigenvalue weighted by Crippen LogP contribution is 2.64. The first-order chi connectivity index (χ1) is 27.5. The maximum atomic E-state index is 15.0. The Kier molecular flexibility index (Phi) is 11.7. The predicted octanol–water partition coefficient (Wildman–Crippen LogP) is 3.91. The molecule has 0 radical (unpaired) electrons. The SMILES string of the molecule is CO[C@@H](C(=O)O[C@H]1C[C@@]2(O)[C@@H](OC(=O)c3ccccc3)C3[C@](C)(C(=O)[C@H](O)C(=C1C)C2(C)C)[C@@H](O)C[C@H]1OC[C@@]31OC(C)=O)[C@@H](NC(=O)OC(C)(C)C)c1ccccc1. The lowest BCUT2D eigenvalue weighted by Crippen LogP contribution is -2.81. The average Bonchev–Trinajstić information content (AvgIpc) is 3.16. The molecule has 1 amide bonds. The number of amides is 1. The van der Waals surface area contributed by atoms with E-state index in [2.05, 4.69) is 5.32 Å². The number of methoxy groups -OCH3 is 1. The van der Waals surface area contributed by atoms with Crippen LogP contribution in [0.5, 0.6) is 0 Å². The maximum Gasteiger partial charge on any atom is 0.408 e. The van der Waals surface area contributed by atoms with Gasteiger partial charge in [0.15, 0.2) is 17.5 Å². The number of ketones is 1. The van der Waals surface area contributed by atoms with Crippen LogP contribution in [0.1, 0.15) is 90.2 Å². The Morgan fingerprint density at radius 3 is 2.10 bits per heavy atom. The molecule has 1 saturated heterocycles. The highest BCUT2D eigenvalue weighted by molar-refractivity contribution is 5.94. The maximum absolute atomic E-state index is 15.0. The zero-order valence-electron chi connectivity index (χ0n) is 34.8. The second kappa shape index (κ2) is 15.7. The van der Waals surface area contributed by atoms with E-state index in [-0.39, 0.29) is 29.7 Å². The van der Waals surface area contributed by atoms with Gasteiger partial charge in [0.2, 0.25) is 0 Å². The van der Waals surface area contributed by atoms with E-state index in [1.54, 1.807) is 90.1 Å². The molecule has 0 spiro atoms. The molecule has 11 atom stereocenters. The number of hydrogen-bond acceptors (Lipinski definition) is 14. The molecular formula is C44H55NO14. The summed E-state index contributed by atoms with van der Waals surface area (Å²) in [5, 5.41) is 40.4. The van der Waals surface area contributed by atoms with Crippen LogP contribution in [0.4, 0.5) is 4.79 Å². The van der Waals surface area contributed by atoms with E-state index in [0.717, 1.165) is 0 Å². The number of hydrogen-bond donors (Lipinski definition) is 4. The highest BCUT2D eigenvalue weighted by Gasteiger charge is 2.78. The Morgan fingerprint density at radius 1 is 0.949 bits per heavy atom. The van der Waals surface area contributed by atoms with Gasteiger partial charge >= 0.3 is 24.0 Å². The normalized spacial score (nSPS) is 33.3. The number of benzene rings is 2. The monoisotopic (exact) mass is 821 g/mol. The second-order valence-corrected chi connectivity index (χ2v) is 17.8. The number of fused-ring (bicyclic) bond motifs is 5. The van der Waals surface area contributed by atoms with Gasteiger partial charge in [-0.15, -0.1) is 0 Å². The molecular weight excluding hydrogens is 766 g/mol. The number of rotatable bonds is 9. The van der Waals surface area contributed by atoms with Gasteiger partial charge in [0.05, 0.1) is 35.6 Å². The number of Topliss-reactive ketones (excluding diaryl/α,β-unsaturated/α-hetero) is 1. The van der Waals surface area contributed by atoms with Crippen LogP contribution in [0.15, 0.2) is 71.8 Å². The van der Waals surface area contributed by atoms with E-state index >= 15 is 4.79 Å². The van der Waals surface area contributed by atoms with Crippen LogP contribution in [0, 0.1) is 16.7 Å². The lowest BCUT2D eigenvalue weighted by atomic mass is 9.44. The first-order valence-corrected chi connectivity index (χ1v) is 19.7. The smallest absolute Gasteiger partial charge is 0.408 e. The van der Waals surface area contributed by atoms with Gasteiger partial charge in [0.1, 0.15) is 35.6 Å². The minimum atomic E-state index is -2.31. The Hall–Kier alpha value is -4.67. The summed E-state index contributed by atoms with van der Waals surface area (Å²) in [5.74, 6) is -5.02. The van der Waals surface area contributed by atoms with Gasteiger partial charge in [-0.1, -0.05) is 62.4 Å². The number of aliphatic hydroxyl groups is 3. The molecule has 2 aromatic carbocycles. The Bertz CT molecular complexity index is 1990. The molecule has 4 N–H and O–H groups in total. The molecule has 1 unspecified atom stereocenters. The van der Waals surface area contributed by atoms with Gasteiger partial charge in [0.25, 0.3) is 0 Å². The van der Waals surface area contributed by atoms with Gasteiger partial charge in [-0.2, -0.15) is 0 Å². The predicted molar refractivity (Wildman–Crippen MR) is 208 cm³/mol. The van der Waals surface area contributed by atoms with Crippen molar-refractivity contribution < 1.29 is 67.7 Å². The van der Waals surface area contributed by atoms with Gasteiger partial charge in [-0.3, -0.25) is 9.59 Å². The van der Waals surface area contributed by atoms with E-state index in [0.29, 0.717) is 5.56 Å². The largest absolute Gasteiger partial charge is 0.456 e. The number of esters is 3. The summed E-state index contributed by atoms with van der Waals surface area (Å²) in [6.07, 6.45) is -10.6. The Balaban J connectivity index is 1.50. The van der Waals surface area contributed by atoms with Crippen LogP contribution in [-0.4, -0.2) is 112 Å². The van der Waals surface area contributed by atoms with Gasteiger partial charge < -0.3 is 49.1 Å². The number of ether oxygens (including phenoxy) is 6. The summed E-state index contributed by atoms with van der Waals surface area (Å²) in [4.78, 5) is 69.6. The first kappa shape index (κ1) is 43.9. The molecule has 4 aliphatic rings. The molecule has 6 rings (SSSR count). The fourth-order valence-electron chi connectivity index (χ4n) is 9.78. The molecule has 2 bridgehead atoms. The quantitative estimate of drug-likeness (QED) is 0.161. The van der Waals surface area contributed by atoms with Crippen molar-refractivity contribution in [3.8, 4) is 0 Å². The van der Waals surface area contributed by atoms with E-state index in [4.69, 9.17) is 28.4 Å². The van der Waals surface area contributed by atoms with Crippen molar-refractivity contribution in [3.05, 3.63) is 82.9 Å². The summed E-state index contributed by atoms with van der Waals surface area (Å²) < 4.78 is 35.6. The molecule has 2 aromatic rings. The third-order valence-electron chi connectivity index (χ3n) is 12.8. The molecule has 1 heterocycles. The minimum absolute atomic E-state index is 0.0179. The molecule has 15 heteroatoms. The van der Waals surface area contributed by atoms with E-state index in [1.165, 1.54) is 33.1 Å². The third-order valence-corrected chi connectivity index (χ3v) is 12.8. The molecule has 3 aliphatic carbocycles. The van der Waals surface area contributed by atoms with Crippen LogP contribution >= 0.6 is 0 Å². The topological polar surface area (TPSA) is 213 Å². The molecule has 59 heavy (non-hydrogen) atoms. The van der Waals surface area contributed by atoms with Crippen LogP contribution < -0.4 is 5.32 Å². The first-order valence-electron chi connectivity index (χ1n) is 19.7. The van der Waals surface area contributed by atoms with Crippen molar-refractivity contribution in [1.29, 1.82) is 0 Å². The number of carbonyl (C=O) groups excluding carboxylic acids is 5. The molecule has 320 valence electrons. The van der Waals surface area contributed by atoms with Crippen molar-refractivity contribution in [2.45, 2.75) is 128 Å². The molecule has 2 saturated carbocycles. The van der Waals surface area contributed by atoms with E-state index < -0.39 is 112 Å². The van der Waals surface area contributed by atoms with Crippen LogP contribution in [0.2, 0.25) is 0 Å². The summed E-state index contributed by atoms with van der Waals surface area (Å²) in [6.45, 7) is 12.1. The van der Waals surface area contributed by atoms with E-state index in [9.17, 15) is 34.5 Å². The number of carbonyl (C=O) groups is 5. The van der Waals surface area contributed by atoms with Crippen LogP contribution in [-0.2, 0) is 42.8 Å².